The summed E-state index contributed by atoms with van der Waals surface area (Å²) in [6.07, 6.45) is 1.19. The minimum Gasteiger partial charge on any atom is -0.465 e. The fourth-order valence-electron chi connectivity index (χ4n) is 3.20. The maximum atomic E-state index is 12.9. The molecule has 1 aliphatic rings. The highest BCUT2D eigenvalue weighted by atomic mass is 32.2. The van der Waals surface area contributed by atoms with Crippen molar-refractivity contribution in [3.05, 3.63) is 34.1 Å². The Kier molecular flexibility index (Phi) is 7.46. The third-order valence-electron chi connectivity index (χ3n) is 4.67. The number of aliphatic hydroxyl groups excluding tert-OH is 1. The zero-order valence-corrected chi connectivity index (χ0v) is 17.7. The summed E-state index contributed by atoms with van der Waals surface area (Å²) in [5, 5.41) is 13.2. The molecule has 2 heterocycles. The fourth-order valence-corrected chi connectivity index (χ4v) is 4.03. The summed E-state index contributed by atoms with van der Waals surface area (Å²) < 4.78 is 11.6. The molecule has 1 amide bonds. The summed E-state index contributed by atoms with van der Waals surface area (Å²) in [6, 6.07) is 4.49. The molecule has 0 bridgehead atoms. The molecule has 2 aromatic rings. The number of benzene rings is 1. The molecule has 0 radical (unpaired) electrons. The highest BCUT2D eigenvalue weighted by Crippen LogP contribution is 2.20. The van der Waals surface area contributed by atoms with E-state index >= 15 is 0 Å². The summed E-state index contributed by atoms with van der Waals surface area (Å²) >= 11 is 1.10. The number of carbonyl (C=O) groups excluding carboxylic acids is 2. The number of ether oxygens (including phenoxy) is 2. The molecule has 1 aromatic heterocycles. The SMILES string of the molecule is COC(=O)c1ccc2c(=O)n(C[C@H](C)O)c(SCC(=O)NC[C@H]3CCCO3)nc2c1. The van der Waals surface area contributed by atoms with Gasteiger partial charge in [-0.2, -0.15) is 0 Å². The number of nitrogens with one attached hydrogen (secondary N) is 1. The van der Waals surface area contributed by atoms with Crippen LogP contribution in [0.2, 0.25) is 0 Å². The number of hydrogen-bond acceptors (Lipinski definition) is 8. The number of aromatic nitrogens is 2. The zero-order chi connectivity index (χ0) is 21.7. The standard InChI is InChI=1S/C20H25N3O6S/c1-12(24)10-23-18(26)15-6-5-13(19(27)28-2)8-16(15)22-20(23)30-11-17(25)21-9-14-4-3-7-29-14/h5-6,8,12,14,24H,3-4,7,9-11H2,1-2H3,(H,21,25)/t12-,14+/m0/s1. The fraction of sp³-hybridized carbons (Fsp3) is 0.500. The highest BCUT2D eigenvalue weighted by molar-refractivity contribution is 7.99. The maximum Gasteiger partial charge on any atom is 0.337 e. The van der Waals surface area contributed by atoms with Gasteiger partial charge in [0.15, 0.2) is 5.16 Å². The maximum absolute atomic E-state index is 12.9. The molecule has 30 heavy (non-hydrogen) atoms. The molecular formula is C20H25N3O6S. The molecule has 3 rings (SSSR count). The van der Waals surface area contributed by atoms with Gasteiger partial charge in [-0.15, -0.1) is 0 Å². The number of thioether (sulfide) groups is 1. The largest absolute Gasteiger partial charge is 0.465 e. The van der Waals surface area contributed by atoms with Gasteiger partial charge in [-0.05, 0) is 38.0 Å². The Bertz CT molecular complexity index is 984. The molecule has 10 heteroatoms. The molecule has 2 N–H and O–H groups in total. The van der Waals surface area contributed by atoms with Crippen molar-refractivity contribution in [2.45, 2.75) is 43.7 Å². The average molecular weight is 436 g/mol. The smallest absolute Gasteiger partial charge is 0.337 e. The number of esters is 1. The molecule has 9 nitrogen and oxygen atoms in total. The van der Waals surface area contributed by atoms with Gasteiger partial charge in [-0.1, -0.05) is 11.8 Å². The Balaban J connectivity index is 1.83. The lowest BCUT2D eigenvalue weighted by Crippen LogP contribution is -2.33. The van der Waals surface area contributed by atoms with E-state index in [1.165, 1.54) is 29.9 Å². The van der Waals surface area contributed by atoms with Crippen molar-refractivity contribution >= 4 is 34.5 Å². The van der Waals surface area contributed by atoms with Crippen molar-refractivity contribution in [3.8, 4) is 0 Å². The van der Waals surface area contributed by atoms with Crippen LogP contribution in [0.25, 0.3) is 10.9 Å². The number of hydrogen-bond donors (Lipinski definition) is 2. The summed E-state index contributed by atoms with van der Waals surface area (Å²) in [5.74, 6) is -0.674. The van der Waals surface area contributed by atoms with E-state index in [1.807, 2.05) is 0 Å². The van der Waals surface area contributed by atoms with E-state index in [0.29, 0.717) is 22.6 Å². The molecule has 1 aliphatic heterocycles. The Morgan fingerprint density at radius 1 is 1.47 bits per heavy atom. The van der Waals surface area contributed by atoms with Gasteiger partial charge in [0.1, 0.15) is 0 Å². The topological polar surface area (TPSA) is 120 Å². The summed E-state index contributed by atoms with van der Waals surface area (Å²) in [5.41, 5.74) is 0.252. The lowest BCUT2D eigenvalue weighted by Gasteiger charge is -2.15. The first-order valence-electron chi connectivity index (χ1n) is 9.71. The van der Waals surface area contributed by atoms with Gasteiger partial charge < -0.3 is 19.9 Å². The third-order valence-corrected chi connectivity index (χ3v) is 5.65. The molecule has 1 aromatic carbocycles. The molecule has 1 fully saturated rings. The van der Waals surface area contributed by atoms with E-state index in [4.69, 9.17) is 9.47 Å². The second kappa shape index (κ2) is 10.1. The Hall–Kier alpha value is -2.43. The van der Waals surface area contributed by atoms with E-state index in [-0.39, 0.29) is 35.4 Å². The van der Waals surface area contributed by atoms with Crippen LogP contribution in [-0.2, 0) is 20.8 Å². The number of rotatable bonds is 8. The van der Waals surface area contributed by atoms with Crippen LogP contribution in [0.15, 0.2) is 28.2 Å². The number of fused-ring (bicyclic) bond motifs is 1. The van der Waals surface area contributed by atoms with Gasteiger partial charge in [0.05, 0.1) is 48.1 Å². The third kappa shape index (κ3) is 5.38. The minimum atomic E-state index is -0.774. The van der Waals surface area contributed by atoms with Crippen molar-refractivity contribution in [1.82, 2.24) is 14.9 Å². The first kappa shape index (κ1) is 22.3. The van der Waals surface area contributed by atoms with E-state index in [1.54, 1.807) is 6.92 Å². The monoisotopic (exact) mass is 435 g/mol. The number of methoxy groups -OCH3 is 1. The van der Waals surface area contributed by atoms with E-state index in [2.05, 4.69) is 10.3 Å². The molecular weight excluding hydrogens is 410 g/mol. The molecule has 0 saturated carbocycles. The van der Waals surface area contributed by atoms with Crippen LogP contribution < -0.4 is 10.9 Å². The predicted octanol–water partition coefficient (Wildman–Crippen LogP) is 0.951. The summed E-state index contributed by atoms with van der Waals surface area (Å²) in [7, 11) is 1.27. The van der Waals surface area contributed by atoms with Crippen molar-refractivity contribution in [2.24, 2.45) is 0 Å². The van der Waals surface area contributed by atoms with Gasteiger partial charge in [-0.3, -0.25) is 14.2 Å². The van der Waals surface area contributed by atoms with Crippen LogP contribution in [0.1, 0.15) is 30.1 Å². The molecule has 0 unspecified atom stereocenters. The van der Waals surface area contributed by atoms with Crippen molar-refractivity contribution < 1.29 is 24.2 Å². The van der Waals surface area contributed by atoms with Crippen molar-refractivity contribution in [3.63, 3.8) is 0 Å². The van der Waals surface area contributed by atoms with Crippen LogP contribution in [0, 0.1) is 0 Å². The Morgan fingerprint density at radius 2 is 2.27 bits per heavy atom. The second-order valence-corrected chi connectivity index (χ2v) is 8.05. The van der Waals surface area contributed by atoms with Gasteiger partial charge in [0.2, 0.25) is 5.91 Å². The molecule has 0 aliphatic carbocycles. The summed E-state index contributed by atoms with van der Waals surface area (Å²) in [6.45, 7) is 2.78. The molecule has 1 saturated heterocycles. The molecule has 162 valence electrons. The number of carbonyl (C=O) groups is 2. The molecule has 2 atom stereocenters. The minimum absolute atomic E-state index is 0.0421. The predicted molar refractivity (Wildman–Crippen MR) is 112 cm³/mol. The van der Waals surface area contributed by atoms with E-state index in [9.17, 15) is 19.5 Å². The van der Waals surface area contributed by atoms with Crippen LogP contribution in [0.3, 0.4) is 0 Å². The Morgan fingerprint density at radius 3 is 2.93 bits per heavy atom. The van der Waals surface area contributed by atoms with Crippen LogP contribution in [-0.4, -0.2) is 64.8 Å². The van der Waals surface area contributed by atoms with Crippen LogP contribution in [0.5, 0.6) is 0 Å². The number of nitrogens with zero attached hydrogens (tertiary/aromatic N) is 2. The van der Waals surface area contributed by atoms with Gasteiger partial charge in [-0.25, -0.2) is 9.78 Å². The van der Waals surface area contributed by atoms with E-state index < -0.39 is 12.1 Å². The lowest BCUT2D eigenvalue weighted by atomic mass is 10.1. The first-order chi connectivity index (χ1) is 14.4. The van der Waals surface area contributed by atoms with E-state index in [0.717, 1.165) is 31.2 Å². The summed E-state index contributed by atoms with van der Waals surface area (Å²) in [4.78, 5) is 41.4. The van der Waals surface area contributed by atoms with Gasteiger partial charge in [0.25, 0.3) is 5.56 Å². The highest BCUT2D eigenvalue weighted by Gasteiger charge is 2.18. The van der Waals surface area contributed by atoms with Crippen LogP contribution >= 0.6 is 11.8 Å². The Labute approximate surface area is 177 Å². The first-order valence-corrected chi connectivity index (χ1v) is 10.7. The second-order valence-electron chi connectivity index (χ2n) is 7.11. The van der Waals surface area contributed by atoms with Gasteiger partial charge in [0, 0.05) is 13.2 Å². The van der Waals surface area contributed by atoms with Gasteiger partial charge >= 0.3 is 5.97 Å². The number of aliphatic hydroxyl groups is 1. The normalized spacial score (nSPS) is 17.1. The zero-order valence-electron chi connectivity index (χ0n) is 16.9. The quantitative estimate of drug-likeness (QED) is 0.357. The average Bonchev–Trinajstić information content (AvgIpc) is 3.25. The lowest BCUT2D eigenvalue weighted by molar-refractivity contribution is -0.119. The molecule has 0 spiro atoms. The number of amides is 1. The van der Waals surface area contributed by atoms with Crippen molar-refractivity contribution in [2.75, 3.05) is 26.0 Å². The van der Waals surface area contributed by atoms with Crippen molar-refractivity contribution in [1.29, 1.82) is 0 Å². The van der Waals surface area contributed by atoms with Crippen LogP contribution in [0.4, 0.5) is 0 Å².